The maximum Gasteiger partial charge on any atom is 0.170 e. The van der Waals surface area contributed by atoms with Crippen molar-refractivity contribution in [2.24, 2.45) is 10.8 Å². The van der Waals surface area contributed by atoms with Crippen LogP contribution in [0.15, 0.2) is 0 Å². The zero-order valence-corrected chi connectivity index (χ0v) is 33.2. The Bertz CT molecular complexity index is 1300. The van der Waals surface area contributed by atoms with Crippen LogP contribution in [0.3, 0.4) is 0 Å². The Balaban J connectivity index is 0.000000212. The molecule has 0 unspecified atom stereocenters. The Hall–Kier alpha value is -1.53. The van der Waals surface area contributed by atoms with Gasteiger partial charge in [-0.15, -0.1) is 23.2 Å². The maximum absolute atomic E-state index is 11.5. The highest BCUT2D eigenvalue weighted by molar-refractivity contribution is 6.40. The molecule has 51 heavy (non-hydrogen) atoms. The van der Waals surface area contributed by atoms with Gasteiger partial charge in [0.05, 0.1) is 49.8 Å². The van der Waals surface area contributed by atoms with Crippen molar-refractivity contribution in [3.05, 3.63) is 34.4 Å². The molecule has 2 saturated carbocycles. The van der Waals surface area contributed by atoms with Crippen LogP contribution < -0.4 is 0 Å². The van der Waals surface area contributed by atoms with E-state index in [0.29, 0.717) is 17.5 Å². The fraction of sp³-hybridized carbons (Fsp3) is 0.821. The number of aromatic nitrogens is 4. The summed E-state index contributed by atoms with van der Waals surface area (Å²) >= 11 is 9.53. The number of aliphatic hydroxyl groups excluding tert-OH is 1. The summed E-state index contributed by atoms with van der Waals surface area (Å²) in [6.45, 7) is 16.6. The molecule has 290 valence electrons. The first-order valence-electron chi connectivity index (χ1n) is 19.5. The van der Waals surface area contributed by atoms with Gasteiger partial charge in [-0.25, -0.2) is 9.97 Å². The van der Waals surface area contributed by atoms with Crippen LogP contribution in [0, 0.1) is 10.8 Å². The topological polar surface area (TPSA) is 110 Å². The molecule has 0 spiro atoms. The Kier molecular flexibility index (Phi) is 17.7. The molecule has 4 aliphatic rings. The zero-order valence-electron chi connectivity index (χ0n) is 31.7. The van der Waals surface area contributed by atoms with Gasteiger partial charge in [-0.2, -0.15) is 0 Å². The van der Waals surface area contributed by atoms with Crippen LogP contribution in [0.1, 0.15) is 143 Å². The lowest BCUT2D eigenvalue weighted by Crippen LogP contribution is -2.36. The second-order valence-electron chi connectivity index (χ2n) is 14.6. The van der Waals surface area contributed by atoms with Gasteiger partial charge in [0.15, 0.2) is 6.29 Å². The number of hydrogen-bond acceptors (Lipinski definition) is 8. The smallest absolute Gasteiger partial charge is 0.170 e. The Labute approximate surface area is 316 Å². The SMILES string of the molecule is CCOCC1(COCC)CCC(c2c(C=O)nc3n2CCC3)CC1.CCOCC1(COCC)CCC(c2c(CO)nc3n2CCC3)CC1.ClCCl. The molecule has 0 aromatic carbocycles. The van der Waals surface area contributed by atoms with Crippen LogP contribution in [0.4, 0.5) is 0 Å². The summed E-state index contributed by atoms with van der Waals surface area (Å²) in [6.07, 6.45) is 14.2. The molecule has 0 amide bonds. The molecule has 2 aromatic heterocycles. The van der Waals surface area contributed by atoms with E-state index >= 15 is 0 Å². The van der Waals surface area contributed by atoms with E-state index in [2.05, 4.69) is 32.9 Å². The summed E-state index contributed by atoms with van der Waals surface area (Å²) in [5.41, 5.74) is 4.40. The van der Waals surface area contributed by atoms with Crippen LogP contribution in [-0.2, 0) is 51.5 Å². The van der Waals surface area contributed by atoms with Gasteiger partial charge in [0, 0.05) is 80.7 Å². The summed E-state index contributed by atoms with van der Waals surface area (Å²) in [5, 5.41) is 9.92. The number of aldehydes is 1. The second-order valence-corrected chi connectivity index (χ2v) is 15.5. The molecule has 0 radical (unpaired) electrons. The number of halogens is 2. The van der Waals surface area contributed by atoms with E-state index in [4.69, 9.17) is 42.1 Å². The van der Waals surface area contributed by atoms with Gasteiger partial charge in [-0.1, -0.05) is 0 Å². The van der Waals surface area contributed by atoms with Crippen molar-refractivity contribution in [2.75, 3.05) is 58.2 Å². The van der Waals surface area contributed by atoms with Gasteiger partial charge in [0.2, 0.25) is 0 Å². The fourth-order valence-electron chi connectivity index (χ4n) is 8.80. The Morgan fingerprint density at radius 3 is 1.49 bits per heavy atom. The van der Waals surface area contributed by atoms with E-state index in [-0.39, 0.29) is 22.8 Å². The van der Waals surface area contributed by atoms with E-state index in [0.717, 1.165) is 154 Å². The summed E-state index contributed by atoms with van der Waals surface area (Å²) < 4.78 is 27.8. The first-order chi connectivity index (χ1) is 24.9. The minimum Gasteiger partial charge on any atom is -0.390 e. The number of carbonyl (C=O) groups excluding carboxylic acids is 1. The average molecular weight is 756 g/mol. The quantitative estimate of drug-likeness (QED) is 0.137. The molecule has 0 bridgehead atoms. The summed E-state index contributed by atoms with van der Waals surface area (Å²) in [5.74, 6) is 3.24. The molecule has 1 N–H and O–H groups in total. The molecule has 0 atom stereocenters. The minimum absolute atomic E-state index is 0.0644. The minimum atomic E-state index is 0.0644. The number of nitrogens with zero attached hydrogens (tertiary/aromatic N) is 4. The molecular formula is C39H64Cl2N4O6. The van der Waals surface area contributed by atoms with Gasteiger partial charge in [-0.05, 0) is 91.9 Å². The average Bonchev–Trinajstić information content (AvgIpc) is 3.95. The van der Waals surface area contributed by atoms with Crippen LogP contribution in [0.5, 0.6) is 0 Å². The largest absolute Gasteiger partial charge is 0.390 e. The molecular weight excluding hydrogens is 691 g/mol. The van der Waals surface area contributed by atoms with Crippen molar-refractivity contribution in [1.82, 2.24) is 19.1 Å². The van der Waals surface area contributed by atoms with Gasteiger partial charge in [-0.3, -0.25) is 4.79 Å². The highest BCUT2D eigenvalue weighted by Crippen LogP contribution is 2.46. The van der Waals surface area contributed by atoms with Crippen LogP contribution in [0.2, 0.25) is 0 Å². The van der Waals surface area contributed by atoms with E-state index < -0.39 is 0 Å². The van der Waals surface area contributed by atoms with Crippen LogP contribution in [-0.4, -0.2) is 88.7 Å². The molecule has 0 saturated heterocycles. The number of alkyl halides is 2. The molecule has 12 heteroatoms. The van der Waals surface area contributed by atoms with Crippen molar-refractivity contribution >= 4 is 29.5 Å². The van der Waals surface area contributed by atoms with Gasteiger partial charge in [0.25, 0.3) is 0 Å². The van der Waals surface area contributed by atoms with Crippen LogP contribution >= 0.6 is 23.2 Å². The zero-order chi connectivity index (χ0) is 36.7. The number of hydrogen-bond donors (Lipinski definition) is 1. The van der Waals surface area contributed by atoms with Gasteiger partial charge >= 0.3 is 0 Å². The number of imidazole rings is 2. The number of carbonyl (C=O) groups is 1. The maximum atomic E-state index is 11.5. The van der Waals surface area contributed by atoms with E-state index in [9.17, 15) is 9.90 Å². The summed E-state index contributed by atoms with van der Waals surface area (Å²) in [7, 11) is 0. The van der Waals surface area contributed by atoms with Crippen LogP contribution in [0.25, 0.3) is 0 Å². The van der Waals surface area contributed by atoms with E-state index in [1.54, 1.807) is 0 Å². The Morgan fingerprint density at radius 1 is 0.706 bits per heavy atom. The molecule has 10 nitrogen and oxygen atoms in total. The highest BCUT2D eigenvalue weighted by Gasteiger charge is 2.40. The van der Waals surface area contributed by atoms with Crippen molar-refractivity contribution in [2.45, 2.75) is 136 Å². The molecule has 2 aliphatic heterocycles. The molecule has 6 rings (SSSR count). The number of ether oxygens (including phenoxy) is 4. The van der Waals surface area contributed by atoms with Gasteiger partial charge in [0.1, 0.15) is 17.3 Å². The van der Waals surface area contributed by atoms with Crippen molar-refractivity contribution in [3.8, 4) is 0 Å². The standard InChI is InChI=1S/C19H32N2O3.C19H30N2O3.CH2Cl2/c2*1-3-23-13-19(14-24-4-2)9-7-15(8-10-19)18-16(12-22)20-17-6-5-11-21(17)18;2-1-3/h15,22H,3-14H2,1-2H3;12,15H,3-11,13-14H2,1-2H3;1H2. The normalized spacial score (nSPS) is 19.5. The Morgan fingerprint density at radius 2 is 1.10 bits per heavy atom. The second kappa shape index (κ2) is 21.4. The predicted molar refractivity (Wildman–Crippen MR) is 202 cm³/mol. The molecule has 2 fully saturated rings. The van der Waals surface area contributed by atoms with Crippen molar-refractivity contribution in [3.63, 3.8) is 0 Å². The van der Waals surface area contributed by atoms with E-state index in [1.165, 1.54) is 23.6 Å². The fourth-order valence-corrected chi connectivity index (χ4v) is 8.80. The summed E-state index contributed by atoms with van der Waals surface area (Å²) in [4.78, 5) is 20.7. The third-order valence-corrected chi connectivity index (χ3v) is 11.4. The first-order valence-corrected chi connectivity index (χ1v) is 20.6. The van der Waals surface area contributed by atoms with Gasteiger partial charge < -0.3 is 33.2 Å². The van der Waals surface area contributed by atoms with E-state index in [1.807, 2.05) is 13.8 Å². The predicted octanol–water partition coefficient (Wildman–Crippen LogP) is 7.82. The lowest BCUT2D eigenvalue weighted by Gasteiger charge is -2.40. The number of fused-ring (bicyclic) bond motifs is 2. The number of rotatable bonds is 16. The molecule has 4 heterocycles. The monoisotopic (exact) mass is 754 g/mol. The third kappa shape index (κ3) is 10.8. The highest BCUT2D eigenvalue weighted by atomic mass is 35.5. The lowest BCUT2D eigenvalue weighted by molar-refractivity contribution is -0.0399. The number of aryl methyl sites for hydroxylation is 2. The molecule has 2 aliphatic carbocycles. The van der Waals surface area contributed by atoms with Crippen molar-refractivity contribution < 1.29 is 28.8 Å². The summed E-state index contributed by atoms with van der Waals surface area (Å²) in [6, 6.07) is 0. The number of aliphatic hydroxyl groups is 1. The first kappa shape index (κ1) is 42.2. The van der Waals surface area contributed by atoms with Crippen molar-refractivity contribution in [1.29, 1.82) is 0 Å². The molecule has 2 aromatic rings. The lowest BCUT2D eigenvalue weighted by atomic mass is 9.70. The third-order valence-electron chi connectivity index (χ3n) is 11.4.